The highest BCUT2D eigenvalue weighted by Gasteiger charge is 2.24. The minimum Gasteiger partial charge on any atom is -0.346 e. The van der Waals surface area contributed by atoms with Crippen molar-refractivity contribution in [2.24, 2.45) is 13.0 Å². The summed E-state index contributed by atoms with van der Waals surface area (Å²) in [6.45, 7) is 4.25. The maximum absolute atomic E-state index is 12.7. The molecule has 1 amide bonds. The van der Waals surface area contributed by atoms with E-state index in [1.54, 1.807) is 24.3 Å². The highest BCUT2D eigenvalue weighted by atomic mass is 16.2. The first kappa shape index (κ1) is 19.8. The lowest BCUT2D eigenvalue weighted by Crippen LogP contribution is -2.35. The van der Waals surface area contributed by atoms with Crippen LogP contribution in [0.5, 0.6) is 0 Å². The van der Waals surface area contributed by atoms with E-state index in [9.17, 15) is 9.59 Å². The average molecular weight is 404 g/mol. The van der Waals surface area contributed by atoms with Gasteiger partial charge < -0.3 is 9.88 Å². The molecule has 0 bridgehead atoms. The molecule has 4 rings (SSSR count). The van der Waals surface area contributed by atoms with Crippen LogP contribution in [0.2, 0.25) is 0 Å². The molecule has 8 heteroatoms. The van der Waals surface area contributed by atoms with Gasteiger partial charge in [-0.2, -0.15) is 0 Å². The number of benzene rings is 2. The number of carbonyl (C=O) groups is 1. The number of hydrogen-bond acceptors (Lipinski definition) is 5. The molecule has 0 unspecified atom stereocenters. The second kappa shape index (κ2) is 8.06. The van der Waals surface area contributed by atoms with Gasteiger partial charge in [0.25, 0.3) is 5.56 Å². The predicted molar refractivity (Wildman–Crippen MR) is 115 cm³/mol. The second-order valence-corrected chi connectivity index (χ2v) is 7.69. The van der Waals surface area contributed by atoms with E-state index in [1.165, 1.54) is 4.68 Å². The first-order valence-electron chi connectivity index (χ1n) is 9.99. The highest BCUT2D eigenvalue weighted by molar-refractivity contribution is 5.78. The largest absolute Gasteiger partial charge is 0.346 e. The number of carbonyl (C=O) groups excluding carboxylic acids is 1. The number of aryl methyl sites for hydroxylation is 2. The maximum Gasteiger partial charge on any atom is 0.277 e. The van der Waals surface area contributed by atoms with E-state index in [2.05, 4.69) is 15.6 Å². The lowest BCUT2D eigenvalue weighted by Gasteiger charge is -2.22. The number of para-hydroxylation sites is 2. The number of fused-ring (bicyclic) bond motifs is 2. The molecule has 1 atom stereocenters. The molecule has 2 aromatic carbocycles. The number of rotatable bonds is 6. The molecule has 0 spiro atoms. The van der Waals surface area contributed by atoms with Crippen molar-refractivity contribution in [2.75, 3.05) is 0 Å². The third-order valence-corrected chi connectivity index (χ3v) is 5.26. The van der Waals surface area contributed by atoms with Crippen molar-refractivity contribution in [1.29, 1.82) is 0 Å². The molecule has 2 heterocycles. The summed E-state index contributed by atoms with van der Waals surface area (Å²) in [5.74, 6) is 0.789. The average Bonchev–Trinajstić information content (AvgIpc) is 3.08. The van der Waals surface area contributed by atoms with E-state index >= 15 is 0 Å². The fraction of sp³-hybridized carbons (Fsp3) is 0.318. The van der Waals surface area contributed by atoms with Crippen LogP contribution in [-0.4, -0.2) is 30.5 Å². The third-order valence-electron chi connectivity index (χ3n) is 5.26. The zero-order valence-corrected chi connectivity index (χ0v) is 17.2. The molecule has 0 saturated carbocycles. The van der Waals surface area contributed by atoms with E-state index in [-0.39, 0.29) is 36.4 Å². The van der Waals surface area contributed by atoms with Gasteiger partial charge in [0.1, 0.15) is 11.3 Å². The van der Waals surface area contributed by atoms with Gasteiger partial charge in [0, 0.05) is 13.5 Å². The molecule has 0 aliphatic rings. The number of nitrogens with zero attached hydrogens (tertiary/aromatic N) is 5. The summed E-state index contributed by atoms with van der Waals surface area (Å²) >= 11 is 0. The Morgan fingerprint density at radius 3 is 2.50 bits per heavy atom. The Bertz CT molecular complexity index is 1270. The first-order chi connectivity index (χ1) is 14.5. The number of aromatic nitrogens is 5. The molecule has 0 aliphatic heterocycles. The van der Waals surface area contributed by atoms with E-state index in [1.807, 2.05) is 49.7 Å². The van der Waals surface area contributed by atoms with Crippen LogP contribution in [0.3, 0.4) is 0 Å². The van der Waals surface area contributed by atoms with E-state index in [0.29, 0.717) is 10.9 Å². The standard InChI is InChI=1S/C22H24N6O2/c1-14(2)20(21-23-17-10-6-7-11-18(17)27(21)3)24-19(29)12-13-28-22(30)15-8-4-5-9-16(15)25-26-28/h4-11,14,20H,12-13H2,1-3H3,(H,24,29)/t20-/m0/s1. The van der Waals surface area contributed by atoms with Gasteiger partial charge in [0.2, 0.25) is 5.91 Å². The van der Waals surface area contributed by atoms with Crippen LogP contribution in [0.4, 0.5) is 0 Å². The topological polar surface area (TPSA) is 94.7 Å². The summed E-state index contributed by atoms with van der Waals surface area (Å²) < 4.78 is 3.25. The quantitative estimate of drug-likeness (QED) is 0.533. The fourth-order valence-corrected chi connectivity index (χ4v) is 3.59. The minimum atomic E-state index is -0.246. The normalized spacial score (nSPS) is 12.5. The Morgan fingerprint density at radius 2 is 1.77 bits per heavy atom. The zero-order chi connectivity index (χ0) is 21.3. The van der Waals surface area contributed by atoms with Crippen LogP contribution in [0.1, 0.15) is 32.1 Å². The maximum atomic E-state index is 12.7. The molecule has 0 saturated heterocycles. The van der Waals surface area contributed by atoms with Crippen molar-refractivity contribution in [2.45, 2.75) is 32.9 Å². The van der Waals surface area contributed by atoms with Gasteiger partial charge in [-0.15, -0.1) is 5.10 Å². The summed E-state index contributed by atoms with van der Waals surface area (Å²) in [5, 5.41) is 11.6. The number of imidazole rings is 1. The Labute approximate surface area is 173 Å². The first-order valence-corrected chi connectivity index (χ1v) is 9.99. The lowest BCUT2D eigenvalue weighted by atomic mass is 10.0. The Balaban J connectivity index is 1.51. The van der Waals surface area contributed by atoms with Crippen molar-refractivity contribution in [3.63, 3.8) is 0 Å². The lowest BCUT2D eigenvalue weighted by molar-refractivity contribution is -0.122. The highest BCUT2D eigenvalue weighted by Crippen LogP contribution is 2.24. The van der Waals surface area contributed by atoms with Crippen molar-refractivity contribution in [1.82, 2.24) is 29.9 Å². The summed E-state index contributed by atoms with van der Waals surface area (Å²) in [4.78, 5) is 30.0. The number of amides is 1. The molecule has 8 nitrogen and oxygen atoms in total. The Morgan fingerprint density at radius 1 is 1.07 bits per heavy atom. The summed E-state index contributed by atoms with van der Waals surface area (Å²) in [5.41, 5.74) is 2.22. The molecule has 30 heavy (non-hydrogen) atoms. The Hall–Kier alpha value is -3.55. The van der Waals surface area contributed by atoms with E-state index in [4.69, 9.17) is 4.98 Å². The summed E-state index contributed by atoms with van der Waals surface area (Å²) in [6.07, 6.45) is 0.125. The summed E-state index contributed by atoms with van der Waals surface area (Å²) in [6, 6.07) is 14.7. The van der Waals surface area contributed by atoms with Gasteiger partial charge in [0.15, 0.2) is 0 Å². The Kier molecular flexibility index (Phi) is 5.31. The summed E-state index contributed by atoms with van der Waals surface area (Å²) in [7, 11) is 1.95. The van der Waals surface area contributed by atoms with Gasteiger partial charge in [0.05, 0.1) is 29.0 Å². The molecule has 2 aromatic heterocycles. The van der Waals surface area contributed by atoms with Crippen molar-refractivity contribution in [3.05, 3.63) is 64.7 Å². The van der Waals surface area contributed by atoms with Crippen LogP contribution in [-0.2, 0) is 18.4 Å². The molecular formula is C22H24N6O2. The monoisotopic (exact) mass is 404 g/mol. The number of hydrogen-bond donors (Lipinski definition) is 1. The third kappa shape index (κ3) is 3.68. The minimum absolute atomic E-state index is 0.125. The second-order valence-electron chi connectivity index (χ2n) is 7.69. The molecule has 0 radical (unpaired) electrons. The molecule has 1 N–H and O–H groups in total. The van der Waals surface area contributed by atoms with Crippen LogP contribution >= 0.6 is 0 Å². The predicted octanol–water partition coefficient (Wildman–Crippen LogP) is 2.58. The zero-order valence-electron chi connectivity index (χ0n) is 17.2. The van der Waals surface area contributed by atoms with Gasteiger partial charge in [-0.3, -0.25) is 9.59 Å². The molecule has 4 aromatic rings. The molecule has 0 fully saturated rings. The van der Waals surface area contributed by atoms with E-state index in [0.717, 1.165) is 16.9 Å². The van der Waals surface area contributed by atoms with Crippen molar-refractivity contribution in [3.8, 4) is 0 Å². The van der Waals surface area contributed by atoms with Gasteiger partial charge in [-0.05, 0) is 30.2 Å². The van der Waals surface area contributed by atoms with Crippen LogP contribution in [0, 0.1) is 5.92 Å². The molecule has 0 aliphatic carbocycles. The molecular weight excluding hydrogens is 380 g/mol. The molecule has 154 valence electrons. The fourth-order valence-electron chi connectivity index (χ4n) is 3.59. The van der Waals surface area contributed by atoms with Crippen LogP contribution in [0.25, 0.3) is 21.9 Å². The van der Waals surface area contributed by atoms with Crippen LogP contribution < -0.4 is 10.9 Å². The van der Waals surface area contributed by atoms with Crippen molar-refractivity contribution < 1.29 is 4.79 Å². The number of nitrogens with one attached hydrogen (secondary N) is 1. The van der Waals surface area contributed by atoms with Crippen molar-refractivity contribution >= 4 is 27.8 Å². The van der Waals surface area contributed by atoms with Crippen LogP contribution in [0.15, 0.2) is 53.3 Å². The van der Waals surface area contributed by atoms with Gasteiger partial charge in [-0.25, -0.2) is 9.67 Å². The van der Waals surface area contributed by atoms with Gasteiger partial charge >= 0.3 is 0 Å². The van der Waals surface area contributed by atoms with Gasteiger partial charge in [-0.1, -0.05) is 43.3 Å². The van der Waals surface area contributed by atoms with E-state index < -0.39 is 0 Å². The smallest absolute Gasteiger partial charge is 0.277 e. The SMILES string of the molecule is CC(C)[C@H](NC(=O)CCn1nnc2ccccc2c1=O)c1nc2ccccc2n1C.